The van der Waals surface area contributed by atoms with E-state index in [2.05, 4.69) is 16.9 Å². The Labute approximate surface area is 78.7 Å². The van der Waals surface area contributed by atoms with Gasteiger partial charge in [-0.05, 0) is 18.8 Å². The highest BCUT2D eigenvalue weighted by Crippen LogP contribution is 2.37. The van der Waals surface area contributed by atoms with E-state index in [0.717, 1.165) is 12.2 Å². The highest BCUT2D eigenvalue weighted by molar-refractivity contribution is 5.08. The van der Waals surface area contributed by atoms with Gasteiger partial charge in [0.1, 0.15) is 5.82 Å². The molecule has 0 saturated heterocycles. The van der Waals surface area contributed by atoms with E-state index in [4.69, 9.17) is 5.73 Å². The van der Waals surface area contributed by atoms with E-state index < -0.39 is 0 Å². The molecular formula is C10H17N3. The first-order chi connectivity index (χ1) is 6.23. The zero-order valence-corrected chi connectivity index (χ0v) is 8.09. The number of H-pyrrole nitrogens is 1. The Morgan fingerprint density at radius 1 is 1.62 bits per heavy atom. The largest absolute Gasteiger partial charge is 0.347 e. The van der Waals surface area contributed by atoms with Gasteiger partial charge < -0.3 is 10.7 Å². The van der Waals surface area contributed by atoms with Gasteiger partial charge in [0, 0.05) is 12.4 Å². The molecular weight excluding hydrogens is 162 g/mol. The quantitative estimate of drug-likeness (QED) is 0.690. The van der Waals surface area contributed by atoms with E-state index in [1.807, 2.05) is 6.20 Å². The smallest absolute Gasteiger partial charge is 0.126 e. The van der Waals surface area contributed by atoms with Crippen LogP contribution in [-0.4, -0.2) is 9.97 Å². The highest BCUT2D eigenvalue weighted by atomic mass is 15.0. The third kappa shape index (κ3) is 1.37. The van der Waals surface area contributed by atoms with Crippen molar-refractivity contribution < 1.29 is 0 Å². The van der Waals surface area contributed by atoms with Gasteiger partial charge in [-0.25, -0.2) is 4.98 Å². The molecule has 3 nitrogen and oxygen atoms in total. The Morgan fingerprint density at radius 3 is 3.08 bits per heavy atom. The number of aromatic nitrogens is 2. The van der Waals surface area contributed by atoms with Crippen LogP contribution in [0.1, 0.15) is 38.4 Å². The van der Waals surface area contributed by atoms with Crippen LogP contribution >= 0.6 is 0 Å². The first kappa shape index (κ1) is 8.75. The molecule has 0 amide bonds. The van der Waals surface area contributed by atoms with Crippen molar-refractivity contribution in [3.63, 3.8) is 0 Å². The summed E-state index contributed by atoms with van der Waals surface area (Å²) in [6.07, 6.45) is 8.44. The Kier molecular flexibility index (Phi) is 2.12. The number of nitrogens with one attached hydrogen (secondary N) is 1. The van der Waals surface area contributed by atoms with Crippen LogP contribution in [0.3, 0.4) is 0 Å². The van der Waals surface area contributed by atoms with Crippen molar-refractivity contribution in [1.29, 1.82) is 0 Å². The molecule has 1 aromatic heterocycles. The van der Waals surface area contributed by atoms with Crippen LogP contribution in [-0.2, 0) is 5.54 Å². The Bertz CT molecular complexity index is 268. The average Bonchev–Trinajstić information content (AvgIpc) is 2.63. The molecule has 0 aliphatic heterocycles. The zero-order chi connectivity index (χ0) is 9.31. The predicted molar refractivity (Wildman–Crippen MR) is 52.1 cm³/mol. The molecule has 0 spiro atoms. The molecule has 3 heteroatoms. The number of hydrogen-bond donors (Lipinski definition) is 2. The maximum atomic E-state index is 6.37. The van der Waals surface area contributed by atoms with Crippen LogP contribution in [0.5, 0.6) is 0 Å². The van der Waals surface area contributed by atoms with Crippen LogP contribution in [0.15, 0.2) is 12.4 Å². The van der Waals surface area contributed by atoms with E-state index in [9.17, 15) is 0 Å². The normalized spacial score (nSPS) is 34.8. The number of nitrogens with zero attached hydrogens (tertiary/aromatic N) is 1. The highest BCUT2D eigenvalue weighted by Gasteiger charge is 2.37. The van der Waals surface area contributed by atoms with Crippen molar-refractivity contribution >= 4 is 0 Å². The second kappa shape index (κ2) is 3.14. The molecule has 0 radical (unpaired) electrons. The minimum Gasteiger partial charge on any atom is -0.347 e. The van der Waals surface area contributed by atoms with Gasteiger partial charge in [-0.15, -0.1) is 0 Å². The van der Waals surface area contributed by atoms with Gasteiger partial charge in [0.25, 0.3) is 0 Å². The minimum atomic E-state index is -0.207. The number of hydrogen-bond acceptors (Lipinski definition) is 2. The van der Waals surface area contributed by atoms with Crippen LogP contribution in [0.25, 0.3) is 0 Å². The summed E-state index contributed by atoms with van der Waals surface area (Å²) in [5.74, 6) is 1.49. The van der Waals surface area contributed by atoms with Crippen molar-refractivity contribution in [2.45, 2.75) is 38.1 Å². The van der Waals surface area contributed by atoms with Gasteiger partial charge in [-0.3, -0.25) is 0 Å². The molecule has 0 unspecified atom stereocenters. The maximum Gasteiger partial charge on any atom is 0.126 e. The molecule has 0 bridgehead atoms. The van der Waals surface area contributed by atoms with Crippen molar-refractivity contribution in [1.82, 2.24) is 9.97 Å². The molecule has 72 valence electrons. The topological polar surface area (TPSA) is 54.7 Å². The van der Waals surface area contributed by atoms with Crippen molar-refractivity contribution in [3.8, 4) is 0 Å². The fourth-order valence-corrected chi connectivity index (χ4v) is 2.24. The van der Waals surface area contributed by atoms with Crippen molar-refractivity contribution in [2.24, 2.45) is 11.7 Å². The molecule has 3 N–H and O–H groups in total. The van der Waals surface area contributed by atoms with Gasteiger partial charge in [0.05, 0.1) is 5.54 Å². The van der Waals surface area contributed by atoms with E-state index in [0.29, 0.717) is 5.92 Å². The van der Waals surface area contributed by atoms with Crippen LogP contribution in [0.2, 0.25) is 0 Å². The molecule has 1 saturated carbocycles. The Balaban J connectivity index is 2.27. The molecule has 2 rings (SSSR count). The van der Waals surface area contributed by atoms with Crippen LogP contribution in [0.4, 0.5) is 0 Å². The van der Waals surface area contributed by atoms with E-state index in [1.165, 1.54) is 19.3 Å². The number of nitrogens with two attached hydrogens (primary N) is 1. The lowest BCUT2D eigenvalue weighted by atomic mass is 9.74. The van der Waals surface area contributed by atoms with Gasteiger partial charge in [0.15, 0.2) is 0 Å². The molecule has 2 atom stereocenters. The maximum absolute atomic E-state index is 6.37. The summed E-state index contributed by atoms with van der Waals surface area (Å²) in [6, 6.07) is 0. The van der Waals surface area contributed by atoms with E-state index >= 15 is 0 Å². The standard InChI is InChI=1S/C10H17N3/c1-8-4-2-3-5-10(8,11)9-12-6-7-13-9/h6-8H,2-5,11H2,1H3,(H,12,13)/t8-,10+/m1/s1. The summed E-state index contributed by atoms with van der Waals surface area (Å²) in [4.78, 5) is 7.42. The van der Waals surface area contributed by atoms with Crippen molar-refractivity contribution in [2.75, 3.05) is 0 Å². The summed E-state index contributed by atoms with van der Waals surface area (Å²) >= 11 is 0. The molecule has 1 aliphatic carbocycles. The van der Waals surface area contributed by atoms with Gasteiger partial charge in [-0.1, -0.05) is 19.8 Å². The predicted octanol–water partition coefficient (Wildman–Crippen LogP) is 1.77. The number of rotatable bonds is 1. The zero-order valence-electron chi connectivity index (χ0n) is 8.09. The summed E-state index contributed by atoms with van der Waals surface area (Å²) < 4.78 is 0. The first-order valence-corrected chi connectivity index (χ1v) is 5.02. The minimum absolute atomic E-state index is 0.207. The van der Waals surface area contributed by atoms with Gasteiger partial charge in [0.2, 0.25) is 0 Å². The van der Waals surface area contributed by atoms with Gasteiger partial charge >= 0.3 is 0 Å². The van der Waals surface area contributed by atoms with Gasteiger partial charge in [-0.2, -0.15) is 0 Å². The fourth-order valence-electron chi connectivity index (χ4n) is 2.24. The first-order valence-electron chi connectivity index (χ1n) is 5.02. The lowest BCUT2D eigenvalue weighted by molar-refractivity contribution is 0.196. The SMILES string of the molecule is C[C@@H]1CCCC[C@@]1(N)c1ncc[nH]1. The average molecular weight is 179 g/mol. The van der Waals surface area contributed by atoms with Crippen LogP contribution < -0.4 is 5.73 Å². The second-order valence-electron chi connectivity index (χ2n) is 4.12. The monoisotopic (exact) mass is 179 g/mol. The summed E-state index contributed by atoms with van der Waals surface area (Å²) in [5.41, 5.74) is 6.17. The number of aromatic amines is 1. The molecule has 13 heavy (non-hydrogen) atoms. The molecule has 1 fully saturated rings. The van der Waals surface area contributed by atoms with Crippen LogP contribution in [0, 0.1) is 5.92 Å². The summed E-state index contributed by atoms with van der Waals surface area (Å²) in [5, 5.41) is 0. The second-order valence-corrected chi connectivity index (χ2v) is 4.12. The number of imidazole rings is 1. The van der Waals surface area contributed by atoms with E-state index in [1.54, 1.807) is 6.20 Å². The van der Waals surface area contributed by atoms with Crippen molar-refractivity contribution in [3.05, 3.63) is 18.2 Å². The Morgan fingerprint density at radius 2 is 2.46 bits per heavy atom. The lowest BCUT2D eigenvalue weighted by Crippen LogP contribution is -2.46. The lowest BCUT2D eigenvalue weighted by Gasteiger charge is -2.37. The molecule has 1 heterocycles. The fraction of sp³-hybridized carbons (Fsp3) is 0.700. The molecule has 0 aromatic carbocycles. The van der Waals surface area contributed by atoms with E-state index in [-0.39, 0.29) is 5.54 Å². The third-order valence-electron chi connectivity index (χ3n) is 3.30. The summed E-state index contributed by atoms with van der Waals surface area (Å²) in [6.45, 7) is 2.22. The molecule has 1 aliphatic rings. The third-order valence-corrected chi connectivity index (χ3v) is 3.30. The Hall–Kier alpha value is -0.830. The molecule has 1 aromatic rings. The summed E-state index contributed by atoms with van der Waals surface area (Å²) in [7, 11) is 0.